The van der Waals surface area contributed by atoms with Crippen molar-refractivity contribution in [2.45, 2.75) is 26.3 Å². The Morgan fingerprint density at radius 3 is 2.59 bits per heavy atom. The summed E-state index contributed by atoms with van der Waals surface area (Å²) in [7, 11) is 4.75. The van der Waals surface area contributed by atoms with Crippen LogP contribution in [-0.2, 0) is 17.7 Å². The highest BCUT2D eigenvalue weighted by atomic mass is 16.5. The van der Waals surface area contributed by atoms with Gasteiger partial charge in [0.2, 0.25) is 0 Å². The molecule has 194 valence electrons. The Bertz CT molecular complexity index is 1570. The predicted octanol–water partition coefficient (Wildman–Crippen LogP) is 2.46. The first-order valence-electron chi connectivity index (χ1n) is 12.0. The topological polar surface area (TPSA) is 120 Å². The number of fused-ring (bicyclic) bond motifs is 2. The largest absolute Gasteiger partial charge is 0.493 e. The molecule has 0 saturated carbocycles. The zero-order valence-corrected chi connectivity index (χ0v) is 21.5. The molecule has 0 bridgehead atoms. The summed E-state index contributed by atoms with van der Waals surface area (Å²) >= 11 is 0. The summed E-state index contributed by atoms with van der Waals surface area (Å²) in [5.41, 5.74) is 2.52. The van der Waals surface area contributed by atoms with Gasteiger partial charge in [-0.15, -0.1) is 0 Å². The van der Waals surface area contributed by atoms with Crippen LogP contribution in [0.25, 0.3) is 16.7 Å². The summed E-state index contributed by atoms with van der Waals surface area (Å²) in [5, 5.41) is 12.0. The normalized spacial score (nSPS) is 11.1. The van der Waals surface area contributed by atoms with E-state index in [2.05, 4.69) is 5.32 Å². The molecule has 10 heteroatoms. The van der Waals surface area contributed by atoms with E-state index in [1.165, 1.54) is 10.5 Å². The van der Waals surface area contributed by atoms with Gasteiger partial charge in [0.05, 0.1) is 25.2 Å². The van der Waals surface area contributed by atoms with Gasteiger partial charge >= 0.3 is 0 Å². The molecule has 3 heterocycles. The number of nitrogens with one attached hydrogen (secondary N) is 2. The second kappa shape index (κ2) is 11.3. The molecule has 0 aliphatic carbocycles. The maximum absolute atomic E-state index is 13.4. The Morgan fingerprint density at radius 1 is 1.08 bits per heavy atom. The van der Waals surface area contributed by atoms with Crippen LogP contribution in [0.3, 0.4) is 0 Å². The summed E-state index contributed by atoms with van der Waals surface area (Å²) < 4.78 is 18.9. The molecule has 37 heavy (non-hydrogen) atoms. The third kappa shape index (κ3) is 5.19. The zero-order valence-electron chi connectivity index (χ0n) is 21.5. The maximum atomic E-state index is 13.4. The van der Waals surface area contributed by atoms with Gasteiger partial charge in [-0.05, 0) is 55.2 Å². The fraction of sp³-hybridized carbons (Fsp3) is 0.333. The van der Waals surface area contributed by atoms with E-state index >= 15 is 0 Å². The van der Waals surface area contributed by atoms with Gasteiger partial charge in [0.25, 0.3) is 11.5 Å². The number of benzene rings is 1. The molecule has 0 saturated heterocycles. The summed E-state index contributed by atoms with van der Waals surface area (Å²) in [6.07, 6.45) is 2.81. The van der Waals surface area contributed by atoms with Crippen molar-refractivity contribution < 1.29 is 19.0 Å². The molecule has 0 aliphatic rings. The van der Waals surface area contributed by atoms with E-state index in [1.54, 1.807) is 38.2 Å². The lowest BCUT2D eigenvalue weighted by Crippen LogP contribution is -2.36. The molecule has 0 unspecified atom stereocenters. The first kappa shape index (κ1) is 25.9. The fourth-order valence-electron chi connectivity index (χ4n) is 4.31. The number of amides is 1. The Balaban J connectivity index is 1.69. The lowest BCUT2D eigenvalue weighted by molar-refractivity contribution is 0.0951. The van der Waals surface area contributed by atoms with Crippen LogP contribution in [0.1, 0.15) is 27.9 Å². The Kier molecular flexibility index (Phi) is 7.88. The van der Waals surface area contributed by atoms with E-state index in [0.29, 0.717) is 55.3 Å². The van der Waals surface area contributed by atoms with Crippen molar-refractivity contribution >= 4 is 22.6 Å². The maximum Gasteiger partial charge on any atom is 0.267 e. The van der Waals surface area contributed by atoms with Crippen molar-refractivity contribution in [2.75, 3.05) is 34.5 Å². The van der Waals surface area contributed by atoms with Gasteiger partial charge in [0.15, 0.2) is 11.5 Å². The number of hydrogen-bond donors (Lipinski definition) is 2. The van der Waals surface area contributed by atoms with E-state index in [0.717, 1.165) is 11.1 Å². The number of carbonyl (C=O) groups excluding carboxylic acids is 1. The number of nitrogens with zero attached hydrogens (tertiary/aromatic N) is 3. The van der Waals surface area contributed by atoms with Gasteiger partial charge in [0.1, 0.15) is 16.8 Å². The number of ether oxygens (including phenoxy) is 3. The van der Waals surface area contributed by atoms with Crippen molar-refractivity contribution in [2.24, 2.45) is 0 Å². The van der Waals surface area contributed by atoms with Crippen molar-refractivity contribution in [3.8, 4) is 11.5 Å². The van der Waals surface area contributed by atoms with Crippen LogP contribution in [0.2, 0.25) is 0 Å². The Hall–Kier alpha value is -4.18. The molecule has 0 spiro atoms. The molecule has 1 aromatic carbocycles. The highest BCUT2D eigenvalue weighted by Gasteiger charge is 2.18. The molecule has 2 N–H and O–H groups in total. The van der Waals surface area contributed by atoms with Gasteiger partial charge in [-0.1, -0.05) is 12.1 Å². The SMILES string of the molecule is COCCCn1c(=N)c(C(=O)NCCc2ccc(OC)c(OC)c2)cc2c(=O)n3cccc(C)c3nc21. The van der Waals surface area contributed by atoms with Crippen molar-refractivity contribution in [1.29, 1.82) is 5.41 Å². The van der Waals surface area contributed by atoms with Crippen LogP contribution in [-0.4, -0.2) is 54.3 Å². The second-order valence-corrected chi connectivity index (χ2v) is 8.64. The molecular weight excluding hydrogens is 474 g/mol. The first-order chi connectivity index (χ1) is 17.9. The molecule has 0 aliphatic heterocycles. The standard InChI is InChI=1S/C27H31N5O5/c1-17-7-5-12-32-24(17)30-25-20(27(32)34)16-19(23(28)31(25)13-6-14-35-2)26(33)29-11-10-18-8-9-21(36-3)22(15-18)37-4/h5,7-9,12,15-16,28H,6,10-11,13-14H2,1-4H3,(H,29,33). The molecule has 0 radical (unpaired) electrons. The molecule has 10 nitrogen and oxygen atoms in total. The summed E-state index contributed by atoms with van der Waals surface area (Å²) in [5.74, 6) is 0.814. The van der Waals surface area contributed by atoms with Crippen molar-refractivity contribution in [3.05, 3.63) is 75.1 Å². The number of hydrogen-bond acceptors (Lipinski definition) is 7. The molecule has 1 amide bonds. The van der Waals surface area contributed by atoms with Crippen molar-refractivity contribution in [3.63, 3.8) is 0 Å². The zero-order chi connectivity index (χ0) is 26.5. The predicted molar refractivity (Wildman–Crippen MR) is 140 cm³/mol. The van der Waals surface area contributed by atoms with Gasteiger partial charge in [-0.25, -0.2) is 4.98 Å². The summed E-state index contributed by atoms with van der Waals surface area (Å²) in [6.45, 7) is 3.07. The molecule has 3 aromatic heterocycles. The van der Waals surface area contributed by atoms with Crippen molar-refractivity contribution in [1.82, 2.24) is 19.3 Å². The highest BCUT2D eigenvalue weighted by molar-refractivity contribution is 5.96. The number of carbonyl (C=O) groups is 1. The van der Waals surface area contributed by atoms with E-state index in [4.69, 9.17) is 24.6 Å². The number of rotatable bonds is 10. The smallest absolute Gasteiger partial charge is 0.267 e. The minimum atomic E-state index is -0.429. The molecular formula is C27H31N5O5. The number of methoxy groups -OCH3 is 3. The fourth-order valence-corrected chi connectivity index (χ4v) is 4.31. The monoisotopic (exact) mass is 505 g/mol. The molecule has 4 rings (SSSR count). The van der Waals surface area contributed by atoms with Crippen LogP contribution in [0.4, 0.5) is 0 Å². The molecule has 0 atom stereocenters. The minimum Gasteiger partial charge on any atom is -0.493 e. The Morgan fingerprint density at radius 2 is 1.86 bits per heavy atom. The van der Waals surface area contributed by atoms with Gasteiger partial charge in [-0.2, -0.15) is 0 Å². The third-order valence-electron chi connectivity index (χ3n) is 6.26. The van der Waals surface area contributed by atoms with Crippen LogP contribution < -0.4 is 25.8 Å². The van der Waals surface area contributed by atoms with Crippen LogP contribution in [0.15, 0.2) is 47.4 Å². The number of pyridine rings is 2. The quantitative estimate of drug-likeness (QED) is 0.252. The molecule has 0 fully saturated rings. The first-order valence-corrected chi connectivity index (χ1v) is 12.0. The average Bonchev–Trinajstić information content (AvgIpc) is 2.90. The summed E-state index contributed by atoms with van der Waals surface area (Å²) in [6, 6.07) is 10.7. The van der Waals surface area contributed by atoms with Gasteiger partial charge in [-0.3, -0.25) is 19.4 Å². The molecule has 4 aromatic rings. The van der Waals surface area contributed by atoms with Crippen LogP contribution in [0, 0.1) is 12.3 Å². The number of aryl methyl sites for hydroxylation is 2. The summed E-state index contributed by atoms with van der Waals surface area (Å²) in [4.78, 5) is 31.3. The van der Waals surface area contributed by atoms with E-state index in [1.807, 2.05) is 31.2 Å². The highest BCUT2D eigenvalue weighted by Crippen LogP contribution is 2.27. The number of aromatic nitrogens is 3. The minimum absolute atomic E-state index is 0.00273. The van der Waals surface area contributed by atoms with E-state index in [9.17, 15) is 9.59 Å². The van der Waals surface area contributed by atoms with E-state index < -0.39 is 5.91 Å². The van der Waals surface area contributed by atoms with E-state index in [-0.39, 0.29) is 22.0 Å². The third-order valence-corrected chi connectivity index (χ3v) is 6.26. The lowest BCUT2D eigenvalue weighted by atomic mass is 10.1. The average molecular weight is 506 g/mol. The van der Waals surface area contributed by atoms with Gasteiger partial charge < -0.3 is 24.1 Å². The lowest BCUT2D eigenvalue weighted by Gasteiger charge is -2.15. The second-order valence-electron chi connectivity index (χ2n) is 8.64. The van der Waals surface area contributed by atoms with Crippen LogP contribution in [0.5, 0.6) is 11.5 Å². The van der Waals surface area contributed by atoms with Crippen LogP contribution >= 0.6 is 0 Å². The van der Waals surface area contributed by atoms with Gasteiger partial charge in [0, 0.05) is 33.0 Å². The Labute approximate surface area is 213 Å².